The van der Waals surface area contributed by atoms with E-state index in [0.717, 1.165) is 23.3 Å². The fourth-order valence-electron chi connectivity index (χ4n) is 9.04. The number of hydrogen-bond acceptors (Lipinski definition) is 7. The van der Waals surface area contributed by atoms with Crippen LogP contribution in [0, 0.1) is 5.41 Å². The molecule has 13 heteroatoms. The molecule has 7 rings (SSSR count). The Balaban J connectivity index is 1.36. The van der Waals surface area contributed by atoms with E-state index < -0.39 is 53.0 Å². The van der Waals surface area contributed by atoms with E-state index in [0.29, 0.717) is 48.8 Å². The van der Waals surface area contributed by atoms with Crippen LogP contribution in [-0.2, 0) is 30.5 Å². The number of hydrogen-bond donors (Lipinski definition) is 3. The summed E-state index contributed by atoms with van der Waals surface area (Å²) in [7, 11) is 0. The monoisotopic (exact) mass is 853 g/mol. The van der Waals surface area contributed by atoms with E-state index in [-0.39, 0.29) is 62.6 Å². The van der Waals surface area contributed by atoms with Gasteiger partial charge < -0.3 is 24.8 Å². The molecule has 5 unspecified atom stereocenters. The molecule has 61 heavy (non-hydrogen) atoms. The molecule has 0 amide bonds. The first-order valence-electron chi connectivity index (χ1n) is 20.6. The maximum atomic E-state index is 14.4. The van der Waals surface area contributed by atoms with E-state index >= 15 is 0 Å². The van der Waals surface area contributed by atoms with Gasteiger partial charge in [0, 0.05) is 36.2 Å². The summed E-state index contributed by atoms with van der Waals surface area (Å²) >= 11 is 0. The molecule has 3 N–H and O–H groups in total. The van der Waals surface area contributed by atoms with Crippen LogP contribution in [0.5, 0.6) is 5.75 Å². The highest BCUT2D eigenvalue weighted by atomic mass is 19.4. The highest BCUT2D eigenvalue weighted by Crippen LogP contribution is 2.59. The second-order valence-corrected chi connectivity index (χ2v) is 16.9. The van der Waals surface area contributed by atoms with Gasteiger partial charge in [0.25, 0.3) is 0 Å². The molecule has 2 bridgehead atoms. The molecular formula is C48H53F6NO6. The zero-order valence-electron chi connectivity index (χ0n) is 34.3. The number of ether oxygens (including phenoxy) is 2. The van der Waals surface area contributed by atoms with Crippen LogP contribution in [0.15, 0.2) is 109 Å². The Morgan fingerprint density at radius 3 is 2.34 bits per heavy atom. The molecule has 0 heterocycles. The average Bonchev–Trinajstić information content (AvgIpc) is 3.45. The summed E-state index contributed by atoms with van der Waals surface area (Å²) in [5, 5.41) is 35.3. The Labute approximate surface area is 352 Å². The number of aliphatic hydroxyl groups is 3. The highest BCUT2D eigenvalue weighted by molar-refractivity contribution is 6.10. The Bertz CT molecular complexity index is 2120. The maximum Gasteiger partial charge on any atom is 0.573 e. The summed E-state index contributed by atoms with van der Waals surface area (Å²) in [6.07, 6.45) is -6.19. The van der Waals surface area contributed by atoms with Crippen molar-refractivity contribution in [2.24, 2.45) is 5.41 Å². The number of allylic oxidation sites excluding steroid dienone is 2. The van der Waals surface area contributed by atoms with Gasteiger partial charge in [-0.1, -0.05) is 85.3 Å². The zero-order chi connectivity index (χ0) is 44.0. The minimum Gasteiger partial charge on any atom is -0.406 e. The first-order chi connectivity index (χ1) is 28.8. The van der Waals surface area contributed by atoms with Gasteiger partial charge in [0.1, 0.15) is 5.75 Å². The Morgan fingerprint density at radius 1 is 0.902 bits per heavy atom. The van der Waals surface area contributed by atoms with Crippen molar-refractivity contribution in [2.75, 3.05) is 19.7 Å². The fraction of sp³-hybridized carbons (Fsp3) is 0.438. The minimum absolute atomic E-state index is 0.0282. The van der Waals surface area contributed by atoms with Crippen LogP contribution in [0.25, 0.3) is 0 Å². The maximum absolute atomic E-state index is 14.4. The highest BCUT2D eigenvalue weighted by Gasteiger charge is 2.57. The first-order valence-corrected chi connectivity index (χ1v) is 20.6. The Hall–Kier alpha value is -4.53. The van der Waals surface area contributed by atoms with Crippen LogP contribution in [0.4, 0.5) is 26.3 Å². The lowest BCUT2D eigenvalue weighted by Crippen LogP contribution is -2.53. The summed E-state index contributed by atoms with van der Waals surface area (Å²) in [6.45, 7) is 4.39. The first kappa shape index (κ1) is 46.0. The third-order valence-corrected chi connectivity index (χ3v) is 12.3. The van der Waals surface area contributed by atoms with E-state index in [1.807, 2.05) is 55.1 Å². The zero-order valence-corrected chi connectivity index (χ0v) is 34.3. The smallest absolute Gasteiger partial charge is 0.406 e. The lowest BCUT2D eigenvalue weighted by molar-refractivity contribution is -0.274. The predicted molar refractivity (Wildman–Crippen MR) is 219 cm³/mol. The topological polar surface area (TPSA) is 99.5 Å². The number of fused-ring (bicyclic) bond motifs is 8. The van der Waals surface area contributed by atoms with E-state index in [9.17, 15) is 46.5 Å². The van der Waals surface area contributed by atoms with Gasteiger partial charge in [0.2, 0.25) is 0 Å². The Morgan fingerprint density at radius 2 is 1.64 bits per heavy atom. The average molecular weight is 854 g/mol. The molecule has 7 nitrogen and oxygen atoms in total. The van der Waals surface area contributed by atoms with Crippen molar-refractivity contribution in [3.63, 3.8) is 0 Å². The molecule has 1 fully saturated rings. The molecule has 0 spiro atoms. The number of ketones is 1. The summed E-state index contributed by atoms with van der Waals surface area (Å²) < 4.78 is 90.3. The van der Waals surface area contributed by atoms with Crippen LogP contribution in [0.2, 0.25) is 0 Å². The van der Waals surface area contributed by atoms with Crippen molar-refractivity contribution in [3.8, 4) is 5.75 Å². The largest absolute Gasteiger partial charge is 0.573 e. The second kappa shape index (κ2) is 19.2. The quantitative estimate of drug-likeness (QED) is 0.0700. The van der Waals surface area contributed by atoms with Crippen molar-refractivity contribution in [1.82, 2.24) is 4.90 Å². The molecule has 0 radical (unpaired) electrons. The van der Waals surface area contributed by atoms with Crippen LogP contribution in [0.1, 0.15) is 102 Å². The van der Waals surface area contributed by atoms with E-state index in [1.165, 1.54) is 36.4 Å². The van der Waals surface area contributed by atoms with Crippen LogP contribution in [-0.4, -0.2) is 69.9 Å². The van der Waals surface area contributed by atoms with Crippen molar-refractivity contribution in [3.05, 3.63) is 148 Å². The molecule has 0 aliphatic heterocycles. The van der Waals surface area contributed by atoms with E-state index in [2.05, 4.69) is 10.8 Å². The molecule has 0 aromatic heterocycles. The standard InChI is InChI=1S/C48H53F6NO6/c1-32-8-7-22-45(2)43(41-20-16-35(24-38(56)17-13-32)25-42(41)44(58)36-11-6-12-37(26-36)47(49,50)51)21-23-46(45,59)31-55(27-33-14-18-40(19-15-33)61-48(52,53)54)28-39(57)30-60-29-34-9-4-3-5-10-34/h3-6,8-12,14-16,18-20,25-26,38-39,43,56-57,59H,7,13,17,21-24,27-31H2,1-2H3. The van der Waals surface area contributed by atoms with Gasteiger partial charge in [0.15, 0.2) is 5.78 Å². The van der Waals surface area contributed by atoms with Crippen molar-refractivity contribution >= 4 is 5.78 Å². The molecular weight excluding hydrogens is 801 g/mol. The Kier molecular flexibility index (Phi) is 14.5. The molecule has 3 aliphatic rings. The summed E-state index contributed by atoms with van der Waals surface area (Å²) in [5.41, 5.74) is 0.561. The van der Waals surface area contributed by atoms with Crippen molar-refractivity contribution < 1.29 is 55.9 Å². The number of benzene rings is 4. The lowest BCUT2D eigenvalue weighted by atomic mass is 9.64. The summed E-state index contributed by atoms with van der Waals surface area (Å²) in [4.78, 5) is 16.3. The third kappa shape index (κ3) is 11.9. The lowest BCUT2D eigenvalue weighted by Gasteiger charge is -2.46. The van der Waals surface area contributed by atoms with Gasteiger partial charge in [-0.25, -0.2) is 0 Å². The second-order valence-electron chi connectivity index (χ2n) is 16.9. The third-order valence-electron chi connectivity index (χ3n) is 12.3. The predicted octanol–water partition coefficient (Wildman–Crippen LogP) is 9.95. The number of rotatable bonds is 13. The number of nitrogens with zero attached hydrogens (tertiary/aromatic N) is 1. The van der Waals surface area contributed by atoms with Gasteiger partial charge in [-0.2, -0.15) is 13.2 Å². The molecule has 5 atom stereocenters. The molecule has 1 saturated carbocycles. The number of carbonyl (C=O) groups is 1. The van der Waals surface area contributed by atoms with E-state index in [4.69, 9.17) is 4.74 Å². The van der Waals surface area contributed by atoms with Crippen molar-refractivity contribution in [2.45, 2.75) is 108 Å². The van der Waals surface area contributed by atoms with Crippen molar-refractivity contribution in [1.29, 1.82) is 0 Å². The molecule has 0 saturated heterocycles. The molecule has 4 aromatic carbocycles. The van der Waals surface area contributed by atoms with Gasteiger partial charge in [-0.05, 0) is 110 Å². The fourth-order valence-corrected chi connectivity index (χ4v) is 9.04. The summed E-state index contributed by atoms with van der Waals surface area (Å²) in [5.74, 6) is -1.44. The van der Waals surface area contributed by atoms with Gasteiger partial charge >= 0.3 is 12.5 Å². The van der Waals surface area contributed by atoms with Gasteiger partial charge in [0.05, 0.1) is 36.6 Å². The number of alkyl halides is 6. The molecule has 4 aromatic rings. The number of carbonyl (C=O) groups excluding carboxylic acids is 1. The molecule has 3 aliphatic carbocycles. The van der Waals surface area contributed by atoms with Gasteiger partial charge in [-0.3, -0.25) is 9.69 Å². The van der Waals surface area contributed by atoms with Gasteiger partial charge in [-0.15, -0.1) is 13.2 Å². The summed E-state index contributed by atoms with van der Waals surface area (Å²) in [6, 6.07) is 24.5. The number of aliphatic hydroxyl groups excluding tert-OH is 2. The SMILES string of the molecule is CC1=CCCC2(C)C(CCC2(O)CN(Cc2ccc(OC(F)(F)F)cc2)CC(O)COCc2ccccc2)c2ccc(cc2C(=O)c2cccc(C(F)(F)F)c2)CC(O)CC1. The molecule has 328 valence electrons. The van der Waals surface area contributed by atoms with Crippen LogP contribution < -0.4 is 4.74 Å². The number of halogens is 6. The van der Waals surface area contributed by atoms with Crippen LogP contribution >= 0.6 is 0 Å². The normalized spacial score (nSPS) is 23.0. The van der Waals surface area contributed by atoms with Crippen LogP contribution in [0.3, 0.4) is 0 Å². The van der Waals surface area contributed by atoms with E-state index in [1.54, 1.807) is 12.1 Å². The minimum atomic E-state index is -4.87.